The summed E-state index contributed by atoms with van der Waals surface area (Å²) in [5.74, 6) is -0.653. The van der Waals surface area contributed by atoms with Gasteiger partial charge in [0.2, 0.25) is 14.2 Å². The number of hydrogen-bond donors (Lipinski definition) is 0. The van der Waals surface area contributed by atoms with E-state index in [4.69, 9.17) is 4.74 Å². The van der Waals surface area contributed by atoms with Crippen molar-refractivity contribution in [3.05, 3.63) is 35.6 Å². The third-order valence-electron chi connectivity index (χ3n) is 2.11. The van der Waals surface area contributed by atoms with Crippen LogP contribution in [0.3, 0.4) is 0 Å². The van der Waals surface area contributed by atoms with Gasteiger partial charge < -0.3 is 4.74 Å². The summed E-state index contributed by atoms with van der Waals surface area (Å²) in [5, 5.41) is 0. The molecule has 0 aliphatic carbocycles. The summed E-state index contributed by atoms with van der Waals surface area (Å²) in [6.45, 7) is 0. The molecule has 0 atom stereocenters. The van der Waals surface area contributed by atoms with Crippen molar-refractivity contribution in [2.75, 3.05) is 7.11 Å². The molecule has 0 saturated carbocycles. The zero-order valence-corrected chi connectivity index (χ0v) is 11.0. The van der Waals surface area contributed by atoms with Gasteiger partial charge in [0, 0.05) is 11.5 Å². The van der Waals surface area contributed by atoms with Crippen LogP contribution in [0.4, 0.5) is 4.39 Å². The molecule has 0 radical (unpaired) electrons. The molecule has 0 spiro atoms. The highest BCUT2D eigenvalue weighted by Crippen LogP contribution is 2.20. The summed E-state index contributed by atoms with van der Waals surface area (Å²) >= 11 is 0.755. The average molecular weight is 288 g/mol. The van der Waals surface area contributed by atoms with Crippen molar-refractivity contribution >= 4 is 21.4 Å². The lowest BCUT2D eigenvalue weighted by molar-refractivity contribution is 0.383. The molecule has 0 bridgehead atoms. The highest BCUT2D eigenvalue weighted by Gasteiger charge is 2.21. The quantitative estimate of drug-likeness (QED) is 0.855. The molecular formula is C10H9FN2O3S2. The minimum absolute atomic E-state index is 0.0256. The van der Waals surface area contributed by atoms with Gasteiger partial charge in [-0.05, 0) is 17.7 Å². The standard InChI is InChI=1S/C10H9FN2O3S2/c1-16-9-12-10(17-13-9)18(14,15)6-7-2-4-8(11)5-3-7/h2-5H,6H2,1H3. The second-order valence-electron chi connectivity index (χ2n) is 3.43. The molecule has 5 nitrogen and oxygen atoms in total. The van der Waals surface area contributed by atoms with Gasteiger partial charge in [0.25, 0.3) is 0 Å². The smallest absolute Gasteiger partial charge is 0.329 e. The monoisotopic (exact) mass is 288 g/mol. The number of benzene rings is 1. The first-order valence-electron chi connectivity index (χ1n) is 4.86. The lowest BCUT2D eigenvalue weighted by atomic mass is 10.2. The minimum atomic E-state index is -3.57. The molecule has 0 fully saturated rings. The van der Waals surface area contributed by atoms with Gasteiger partial charge in [0.1, 0.15) is 5.82 Å². The third kappa shape index (κ3) is 2.82. The first kappa shape index (κ1) is 12.9. The Morgan fingerprint density at radius 3 is 2.56 bits per heavy atom. The van der Waals surface area contributed by atoms with E-state index < -0.39 is 15.7 Å². The van der Waals surface area contributed by atoms with Gasteiger partial charge in [-0.15, -0.1) is 4.37 Å². The molecule has 0 N–H and O–H groups in total. The molecule has 0 unspecified atom stereocenters. The van der Waals surface area contributed by atoms with Gasteiger partial charge in [0.05, 0.1) is 12.9 Å². The van der Waals surface area contributed by atoms with E-state index in [0.29, 0.717) is 5.56 Å². The van der Waals surface area contributed by atoms with E-state index in [0.717, 1.165) is 11.5 Å². The normalized spacial score (nSPS) is 11.4. The number of aromatic nitrogens is 2. The van der Waals surface area contributed by atoms with E-state index in [-0.39, 0.29) is 16.1 Å². The summed E-state index contributed by atoms with van der Waals surface area (Å²) < 4.78 is 45.0. The minimum Gasteiger partial charge on any atom is -0.466 e. The number of rotatable bonds is 4. The number of sulfone groups is 1. The molecule has 1 aromatic heterocycles. The number of halogens is 1. The van der Waals surface area contributed by atoms with E-state index in [1.165, 1.54) is 31.4 Å². The van der Waals surface area contributed by atoms with Gasteiger partial charge in [-0.2, -0.15) is 4.98 Å². The molecule has 0 aliphatic heterocycles. The molecule has 96 valence electrons. The molecule has 1 aromatic carbocycles. The predicted molar refractivity (Wildman–Crippen MR) is 63.8 cm³/mol. The summed E-state index contributed by atoms with van der Waals surface area (Å²) in [6, 6.07) is 5.30. The lowest BCUT2D eigenvalue weighted by Gasteiger charge is -2.00. The highest BCUT2D eigenvalue weighted by molar-refractivity contribution is 7.92. The van der Waals surface area contributed by atoms with E-state index in [1.807, 2.05) is 0 Å². The van der Waals surface area contributed by atoms with Crippen LogP contribution < -0.4 is 4.74 Å². The summed E-state index contributed by atoms with van der Waals surface area (Å²) in [4.78, 5) is 3.74. The molecular weight excluding hydrogens is 279 g/mol. The first-order valence-corrected chi connectivity index (χ1v) is 7.29. The van der Waals surface area contributed by atoms with Crippen molar-refractivity contribution in [2.24, 2.45) is 0 Å². The summed E-state index contributed by atoms with van der Waals surface area (Å²) in [7, 11) is -2.21. The van der Waals surface area contributed by atoms with Gasteiger partial charge in [-0.3, -0.25) is 0 Å². The maximum atomic E-state index is 12.7. The Hall–Kier alpha value is -1.54. The van der Waals surface area contributed by atoms with Crippen LogP contribution in [0.2, 0.25) is 0 Å². The van der Waals surface area contributed by atoms with Crippen molar-refractivity contribution in [3.63, 3.8) is 0 Å². The Morgan fingerprint density at radius 1 is 1.33 bits per heavy atom. The van der Waals surface area contributed by atoms with Crippen LogP contribution >= 0.6 is 11.5 Å². The Kier molecular flexibility index (Phi) is 3.58. The molecule has 1 heterocycles. The van der Waals surface area contributed by atoms with Crippen LogP contribution in [0.1, 0.15) is 5.56 Å². The fraction of sp³-hybridized carbons (Fsp3) is 0.200. The predicted octanol–water partition coefficient (Wildman–Crippen LogP) is 1.66. The van der Waals surface area contributed by atoms with Gasteiger partial charge in [-0.1, -0.05) is 12.1 Å². The van der Waals surface area contributed by atoms with Crippen LogP contribution in [-0.2, 0) is 15.6 Å². The first-order chi connectivity index (χ1) is 8.51. The Morgan fingerprint density at radius 2 is 2.00 bits per heavy atom. The molecule has 0 amide bonds. The maximum Gasteiger partial charge on any atom is 0.329 e. The van der Waals surface area contributed by atoms with Gasteiger partial charge >= 0.3 is 6.01 Å². The van der Waals surface area contributed by atoms with Crippen LogP contribution in [0, 0.1) is 5.82 Å². The van der Waals surface area contributed by atoms with Crippen molar-refractivity contribution in [2.45, 2.75) is 10.1 Å². The second-order valence-corrected chi connectivity index (χ2v) is 6.35. The largest absolute Gasteiger partial charge is 0.466 e. The van der Waals surface area contributed by atoms with Crippen LogP contribution in [-0.4, -0.2) is 24.9 Å². The van der Waals surface area contributed by atoms with Gasteiger partial charge in [-0.25, -0.2) is 12.8 Å². The summed E-state index contributed by atoms with van der Waals surface area (Å²) in [6.07, 6.45) is 0. The fourth-order valence-electron chi connectivity index (χ4n) is 1.27. The lowest BCUT2D eigenvalue weighted by Crippen LogP contribution is -2.04. The number of ether oxygens (including phenoxy) is 1. The Balaban J connectivity index is 2.24. The van der Waals surface area contributed by atoms with Crippen LogP contribution in [0.5, 0.6) is 6.01 Å². The zero-order chi connectivity index (χ0) is 13.2. The SMILES string of the molecule is COc1nsc(S(=O)(=O)Cc2ccc(F)cc2)n1. The van der Waals surface area contributed by atoms with Crippen molar-refractivity contribution in [1.29, 1.82) is 0 Å². The molecule has 2 rings (SSSR count). The van der Waals surface area contributed by atoms with Crippen LogP contribution in [0.25, 0.3) is 0 Å². The summed E-state index contributed by atoms with van der Waals surface area (Å²) in [5.41, 5.74) is 0.491. The molecule has 0 saturated heterocycles. The van der Waals surface area contributed by atoms with Crippen LogP contribution in [0.15, 0.2) is 28.6 Å². The average Bonchev–Trinajstić information content (AvgIpc) is 2.81. The fourth-order valence-corrected chi connectivity index (χ4v) is 3.37. The highest BCUT2D eigenvalue weighted by atomic mass is 32.2. The maximum absolute atomic E-state index is 12.7. The third-order valence-corrected chi connectivity index (χ3v) is 4.92. The van der Waals surface area contributed by atoms with Crippen molar-refractivity contribution in [3.8, 4) is 6.01 Å². The Bertz CT molecular complexity index is 637. The molecule has 8 heteroatoms. The van der Waals surface area contributed by atoms with E-state index in [2.05, 4.69) is 9.36 Å². The van der Waals surface area contributed by atoms with E-state index >= 15 is 0 Å². The molecule has 18 heavy (non-hydrogen) atoms. The van der Waals surface area contributed by atoms with Crippen molar-refractivity contribution < 1.29 is 17.5 Å². The van der Waals surface area contributed by atoms with Crippen molar-refractivity contribution in [1.82, 2.24) is 9.36 Å². The zero-order valence-electron chi connectivity index (χ0n) is 9.33. The molecule has 0 aliphatic rings. The Labute approximate surface area is 107 Å². The van der Waals surface area contributed by atoms with Gasteiger partial charge in [0.15, 0.2) is 0 Å². The second kappa shape index (κ2) is 4.99. The number of nitrogens with zero attached hydrogens (tertiary/aromatic N) is 2. The topological polar surface area (TPSA) is 69.2 Å². The number of methoxy groups -OCH3 is 1. The molecule has 2 aromatic rings. The number of hydrogen-bond acceptors (Lipinski definition) is 6. The van der Waals surface area contributed by atoms with E-state index in [1.54, 1.807) is 0 Å². The van der Waals surface area contributed by atoms with E-state index in [9.17, 15) is 12.8 Å².